The molecule has 0 spiro atoms. The van der Waals surface area contributed by atoms with Crippen molar-refractivity contribution in [2.45, 2.75) is 19.6 Å². The summed E-state index contributed by atoms with van der Waals surface area (Å²) in [6.45, 7) is 1.72. The smallest absolute Gasteiger partial charge is 0.375 e. The van der Waals surface area contributed by atoms with Crippen molar-refractivity contribution in [2.24, 2.45) is 0 Å². The summed E-state index contributed by atoms with van der Waals surface area (Å²) in [7, 11) is 0. The summed E-state index contributed by atoms with van der Waals surface area (Å²) in [5, 5.41) is 9.79. The molecule has 9 heteroatoms. The van der Waals surface area contributed by atoms with E-state index >= 15 is 0 Å². The molecule has 0 aliphatic rings. The van der Waals surface area contributed by atoms with Gasteiger partial charge in [0.15, 0.2) is 6.10 Å². The highest BCUT2D eigenvalue weighted by Crippen LogP contribution is 2.26. The number of furan rings is 1. The molecule has 0 radical (unpaired) electrons. The van der Waals surface area contributed by atoms with Crippen LogP contribution >= 0.6 is 11.3 Å². The van der Waals surface area contributed by atoms with Gasteiger partial charge in [-0.15, -0.1) is 21.5 Å². The minimum atomic E-state index is -0.743. The Kier molecular flexibility index (Phi) is 5.39. The number of thiophene rings is 1. The quantitative estimate of drug-likeness (QED) is 0.392. The largest absolute Gasteiger partial charge is 0.486 e. The molecule has 0 aliphatic carbocycles. The van der Waals surface area contributed by atoms with Gasteiger partial charge in [0.1, 0.15) is 23.9 Å². The van der Waals surface area contributed by atoms with Crippen LogP contribution in [0.3, 0.4) is 0 Å². The Bertz CT molecular complexity index is 1090. The predicted octanol–water partition coefficient (Wildman–Crippen LogP) is 5.03. The van der Waals surface area contributed by atoms with E-state index < -0.39 is 12.1 Å². The first-order valence-corrected chi connectivity index (χ1v) is 9.52. The first kappa shape index (κ1) is 18.9. The van der Waals surface area contributed by atoms with Crippen LogP contribution in [0.4, 0.5) is 4.39 Å². The molecule has 4 rings (SSSR count). The number of aromatic nitrogens is 2. The van der Waals surface area contributed by atoms with Crippen molar-refractivity contribution in [2.75, 3.05) is 0 Å². The fourth-order valence-electron chi connectivity index (χ4n) is 2.42. The molecule has 1 unspecified atom stereocenters. The maximum absolute atomic E-state index is 12.9. The highest BCUT2D eigenvalue weighted by molar-refractivity contribution is 7.13. The maximum atomic E-state index is 12.9. The molecule has 7 nitrogen and oxygen atoms in total. The first-order valence-electron chi connectivity index (χ1n) is 8.64. The van der Waals surface area contributed by atoms with Crippen LogP contribution < -0.4 is 4.74 Å². The van der Waals surface area contributed by atoms with Crippen LogP contribution in [0.15, 0.2) is 62.7 Å². The lowest BCUT2D eigenvalue weighted by molar-refractivity contribution is 0.0241. The second-order valence-corrected chi connectivity index (χ2v) is 6.93. The van der Waals surface area contributed by atoms with E-state index in [1.807, 2.05) is 17.5 Å². The molecule has 148 valence electrons. The summed E-state index contributed by atoms with van der Waals surface area (Å²) in [5.74, 6) is 0.474. The van der Waals surface area contributed by atoms with Gasteiger partial charge in [0, 0.05) is 0 Å². The van der Waals surface area contributed by atoms with Crippen molar-refractivity contribution in [3.05, 3.63) is 77.1 Å². The van der Waals surface area contributed by atoms with Crippen molar-refractivity contribution in [3.8, 4) is 16.5 Å². The molecule has 0 saturated heterocycles. The van der Waals surface area contributed by atoms with Gasteiger partial charge < -0.3 is 18.3 Å². The van der Waals surface area contributed by atoms with Crippen molar-refractivity contribution < 1.29 is 27.5 Å². The highest BCUT2D eigenvalue weighted by atomic mass is 32.1. The lowest BCUT2D eigenvalue weighted by Crippen LogP contribution is -2.08. The average molecular weight is 414 g/mol. The van der Waals surface area contributed by atoms with Gasteiger partial charge in [-0.3, -0.25) is 0 Å². The lowest BCUT2D eigenvalue weighted by Gasteiger charge is -2.07. The number of hydrogen-bond acceptors (Lipinski definition) is 8. The van der Waals surface area contributed by atoms with Gasteiger partial charge in [-0.2, -0.15) is 0 Å². The molecule has 3 aromatic heterocycles. The van der Waals surface area contributed by atoms with Crippen LogP contribution in [0.1, 0.15) is 35.2 Å². The van der Waals surface area contributed by atoms with E-state index in [-0.39, 0.29) is 24.1 Å². The third kappa shape index (κ3) is 4.52. The van der Waals surface area contributed by atoms with E-state index in [0.29, 0.717) is 17.4 Å². The number of carbonyl (C=O) groups excluding carboxylic acids is 1. The lowest BCUT2D eigenvalue weighted by atomic mass is 10.3. The van der Waals surface area contributed by atoms with Gasteiger partial charge >= 0.3 is 5.97 Å². The fraction of sp³-hybridized carbons (Fsp3) is 0.150. The number of ether oxygens (including phenoxy) is 2. The minimum Gasteiger partial charge on any atom is -0.486 e. The average Bonchev–Trinajstić information content (AvgIpc) is 3.48. The molecule has 1 atom stereocenters. The standard InChI is InChI=1S/C20H15FN2O5S/c1-12(18-22-23-19(28-18)17-3-2-10-29-17)26-20(24)16-9-8-15(27-16)11-25-14-6-4-13(21)5-7-14/h2-10,12H,11H2,1H3. The molecular formula is C20H15FN2O5S. The van der Waals surface area contributed by atoms with Crippen molar-refractivity contribution >= 4 is 17.3 Å². The van der Waals surface area contributed by atoms with E-state index in [9.17, 15) is 9.18 Å². The van der Waals surface area contributed by atoms with Crippen LogP contribution in [0.25, 0.3) is 10.8 Å². The van der Waals surface area contributed by atoms with Crippen LogP contribution in [0, 0.1) is 5.82 Å². The summed E-state index contributed by atoms with van der Waals surface area (Å²) < 4.78 is 34.7. The molecule has 4 aromatic rings. The Hall–Kier alpha value is -3.46. The molecule has 0 N–H and O–H groups in total. The van der Waals surface area contributed by atoms with E-state index in [0.717, 1.165) is 4.88 Å². The number of hydrogen-bond donors (Lipinski definition) is 0. The van der Waals surface area contributed by atoms with Gasteiger partial charge in [0.05, 0.1) is 4.88 Å². The topological polar surface area (TPSA) is 87.6 Å². The number of rotatable bonds is 7. The predicted molar refractivity (Wildman–Crippen MR) is 101 cm³/mol. The van der Waals surface area contributed by atoms with Crippen molar-refractivity contribution in [1.82, 2.24) is 10.2 Å². The minimum absolute atomic E-state index is 0.0209. The van der Waals surface area contributed by atoms with Gasteiger partial charge in [-0.05, 0) is 54.8 Å². The van der Waals surface area contributed by atoms with Gasteiger partial charge in [0.25, 0.3) is 11.8 Å². The zero-order valence-electron chi connectivity index (χ0n) is 15.2. The van der Waals surface area contributed by atoms with E-state index in [1.165, 1.54) is 41.7 Å². The summed E-state index contributed by atoms with van der Waals surface area (Å²) in [4.78, 5) is 13.1. The van der Waals surface area contributed by atoms with Crippen molar-refractivity contribution in [3.63, 3.8) is 0 Å². The van der Waals surface area contributed by atoms with Crippen LogP contribution in [0.2, 0.25) is 0 Å². The SMILES string of the molecule is CC(OC(=O)c1ccc(COc2ccc(F)cc2)o1)c1nnc(-c2cccs2)o1. The highest BCUT2D eigenvalue weighted by Gasteiger charge is 2.22. The van der Waals surface area contributed by atoms with Crippen LogP contribution in [-0.2, 0) is 11.3 Å². The number of nitrogens with zero attached hydrogens (tertiary/aromatic N) is 2. The molecule has 0 saturated carbocycles. The number of carbonyl (C=O) groups is 1. The summed E-state index contributed by atoms with van der Waals surface area (Å²) in [6.07, 6.45) is -0.743. The van der Waals surface area contributed by atoms with Crippen LogP contribution in [-0.4, -0.2) is 16.2 Å². The third-order valence-corrected chi connectivity index (χ3v) is 4.72. The zero-order valence-corrected chi connectivity index (χ0v) is 16.0. The third-order valence-electron chi connectivity index (χ3n) is 3.86. The molecule has 29 heavy (non-hydrogen) atoms. The number of halogens is 1. The first-order chi connectivity index (χ1) is 14.1. The maximum Gasteiger partial charge on any atom is 0.375 e. The Morgan fingerprint density at radius 2 is 1.97 bits per heavy atom. The molecule has 0 fully saturated rings. The van der Waals surface area contributed by atoms with Gasteiger partial charge in [-0.25, -0.2) is 9.18 Å². The Morgan fingerprint density at radius 1 is 1.14 bits per heavy atom. The summed E-state index contributed by atoms with van der Waals surface area (Å²) in [6, 6.07) is 12.4. The Labute approximate surface area is 168 Å². The number of benzene rings is 1. The van der Waals surface area contributed by atoms with Gasteiger partial charge in [-0.1, -0.05) is 6.07 Å². The van der Waals surface area contributed by atoms with E-state index in [1.54, 1.807) is 13.0 Å². The zero-order chi connectivity index (χ0) is 20.2. The second-order valence-electron chi connectivity index (χ2n) is 5.98. The monoisotopic (exact) mass is 414 g/mol. The van der Waals surface area contributed by atoms with Crippen LogP contribution in [0.5, 0.6) is 5.75 Å². The Morgan fingerprint density at radius 3 is 2.72 bits per heavy atom. The molecular weight excluding hydrogens is 399 g/mol. The second kappa shape index (κ2) is 8.27. The molecule has 1 aromatic carbocycles. The molecule has 3 heterocycles. The summed E-state index contributed by atoms with van der Waals surface area (Å²) >= 11 is 1.47. The summed E-state index contributed by atoms with van der Waals surface area (Å²) in [5.41, 5.74) is 0. The molecule has 0 amide bonds. The molecule has 0 bridgehead atoms. The molecule has 0 aliphatic heterocycles. The van der Waals surface area contributed by atoms with E-state index in [4.69, 9.17) is 18.3 Å². The van der Waals surface area contributed by atoms with Crippen molar-refractivity contribution in [1.29, 1.82) is 0 Å². The Balaban J connectivity index is 1.34. The van der Waals surface area contributed by atoms with Gasteiger partial charge in [0.2, 0.25) is 5.76 Å². The fourth-order valence-corrected chi connectivity index (χ4v) is 3.06. The number of esters is 1. The van der Waals surface area contributed by atoms with E-state index in [2.05, 4.69) is 10.2 Å². The normalized spacial score (nSPS) is 11.9.